The third kappa shape index (κ3) is 5.31. The number of nitrogens with two attached hydrogens (primary N) is 1. The number of nitrogens with zero attached hydrogens (tertiary/aromatic N) is 3. The Balaban J connectivity index is 1.69. The van der Waals surface area contributed by atoms with Crippen molar-refractivity contribution in [3.05, 3.63) is 35.9 Å². The minimum Gasteiger partial charge on any atom is -0.370 e. The van der Waals surface area contributed by atoms with Crippen LogP contribution in [0, 0.1) is 0 Å². The summed E-state index contributed by atoms with van der Waals surface area (Å²) in [5.41, 5.74) is 7.20. The summed E-state index contributed by atoms with van der Waals surface area (Å²) in [6, 6.07) is 10.5. The number of benzene rings is 1. The van der Waals surface area contributed by atoms with E-state index in [0.29, 0.717) is 5.96 Å². The highest BCUT2D eigenvalue weighted by atomic mass is 15.3. The van der Waals surface area contributed by atoms with Crippen molar-refractivity contribution in [1.29, 1.82) is 0 Å². The Hall–Kier alpha value is -1.59. The van der Waals surface area contributed by atoms with Crippen molar-refractivity contribution in [2.45, 2.75) is 19.9 Å². The van der Waals surface area contributed by atoms with E-state index in [-0.39, 0.29) is 6.04 Å². The van der Waals surface area contributed by atoms with Gasteiger partial charge in [-0.2, -0.15) is 0 Å². The van der Waals surface area contributed by atoms with E-state index >= 15 is 0 Å². The van der Waals surface area contributed by atoms with Crippen molar-refractivity contribution in [2.75, 3.05) is 45.8 Å². The minimum atomic E-state index is 0.179. The lowest BCUT2D eigenvalue weighted by atomic mass is 10.1. The number of aliphatic imine (C=N–C) groups is 1. The summed E-state index contributed by atoms with van der Waals surface area (Å²) in [5, 5.41) is 3.25. The zero-order valence-corrected chi connectivity index (χ0v) is 13.8. The molecule has 1 aliphatic rings. The molecule has 0 radical (unpaired) electrons. The molecule has 0 aliphatic carbocycles. The molecule has 1 aromatic rings. The summed E-state index contributed by atoms with van der Waals surface area (Å²) < 4.78 is 0. The van der Waals surface area contributed by atoms with Crippen LogP contribution in [0.15, 0.2) is 35.3 Å². The number of rotatable bonds is 6. The predicted octanol–water partition coefficient (Wildman–Crippen LogP) is 1.29. The molecule has 1 aliphatic heterocycles. The average molecular weight is 303 g/mol. The molecule has 1 fully saturated rings. The number of piperazine rings is 1. The van der Waals surface area contributed by atoms with Gasteiger partial charge in [-0.25, -0.2) is 0 Å². The maximum absolute atomic E-state index is 5.98. The Bertz CT molecular complexity index is 451. The molecule has 5 nitrogen and oxygen atoms in total. The van der Waals surface area contributed by atoms with Crippen LogP contribution >= 0.6 is 0 Å². The zero-order valence-electron chi connectivity index (χ0n) is 13.8. The zero-order chi connectivity index (χ0) is 15.8. The molecular weight excluding hydrogens is 274 g/mol. The summed E-state index contributed by atoms with van der Waals surface area (Å²) in [6.45, 7) is 11.8. The van der Waals surface area contributed by atoms with E-state index < -0.39 is 0 Å². The summed E-state index contributed by atoms with van der Waals surface area (Å²) in [6.07, 6.45) is 0. The van der Waals surface area contributed by atoms with Gasteiger partial charge in [-0.3, -0.25) is 9.89 Å². The molecule has 1 saturated heterocycles. The van der Waals surface area contributed by atoms with Gasteiger partial charge in [0.15, 0.2) is 5.96 Å². The van der Waals surface area contributed by atoms with Crippen molar-refractivity contribution < 1.29 is 0 Å². The van der Waals surface area contributed by atoms with Gasteiger partial charge < -0.3 is 16.0 Å². The van der Waals surface area contributed by atoms with Crippen LogP contribution in [-0.4, -0.2) is 61.6 Å². The van der Waals surface area contributed by atoms with Gasteiger partial charge in [0.25, 0.3) is 0 Å². The number of guanidine groups is 1. The van der Waals surface area contributed by atoms with Gasteiger partial charge >= 0.3 is 0 Å². The molecule has 22 heavy (non-hydrogen) atoms. The van der Waals surface area contributed by atoms with E-state index in [1.807, 2.05) is 18.2 Å². The lowest BCUT2D eigenvalue weighted by molar-refractivity contribution is 0.140. The first-order valence-corrected chi connectivity index (χ1v) is 8.25. The second-order valence-electron chi connectivity index (χ2n) is 5.82. The topological polar surface area (TPSA) is 56.9 Å². The fraction of sp³-hybridized carbons (Fsp3) is 0.588. The van der Waals surface area contributed by atoms with Gasteiger partial charge in [0, 0.05) is 32.7 Å². The molecule has 0 bridgehead atoms. The van der Waals surface area contributed by atoms with E-state index in [1.54, 1.807) is 0 Å². The average Bonchev–Trinajstić information content (AvgIpc) is 2.56. The molecule has 3 N–H and O–H groups in total. The van der Waals surface area contributed by atoms with E-state index in [2.05, 4.69) is 46.1 Å². The van der Waals surface area contributed by atoms with Gasteiger partial charge in [0.2, 0.25) is 0 Å². The second-order valence-corrected chi connectivity index (χ2v) is 5.82. The lowest BCUT2D eigenvalue weighted by Gasteiger charge is -2.33. The van der Waals surface area contributed by atoms with E-state index in [0.717, 1.165) is 32.7 Å². The third-order valence-electron chi connectivity index (χ3n) is 4.27. The van der Waals surface area contributed by atoms with E-state index in [4.69, 9.17) is 5.73 Å². The summed E-state index contributed by atoms with van der Waals surface area (Å²) in [4.78, 5) is 9.40. The fourth-order valence-electron chi connectivity index (χ4n) is 2.73. The van der Waals surface area contributed by atoms with Crippen molar-refractivity contribution in [2.24, 2.45) is 10.7 Å². The Morgan fingerprint density at radius 3 is 2.45 bits per heavy atom. The smallest absolute Gasteiger partial charge is 0.189 e. The lowest BCUT2D eigenvalue weighted by Crippen LogP contribution is -2.47. The van der Waals surface area contributed by atoms with Crippen molar-refractivity contribution in [3.63, 3.8) is 0 Å². The van der Waals surface area contributed by atoms with Crippen LogP contribution in [0.3, 0.4) is 0 Å². The van der Waals surface area contributed by atoms with Crippen LogP contribution in [0.2, 0.25) is 0 Å². The molecule has 0 amide bonds. The number of hydrogen-bond acceptors (Lipinski definition) is 3. The van der Waals surface area contributed by atoms with Crippen LogP contribution in [-0.2, 0) is 0 Å². The van der Waals surface area contributed by atoms with Gasteiger partial charge in [0.05, 0.1) is 12.6 Å². The summed E-state index contributed by atoms with van der Waals surface area (Å²) in [7, 11) is 0. The Kier molecular flexibility index (Phi) is 6.68. The van der Waals surface area contributed by atoms with Crippen molar-refractivity contribution in [1.82, 2.24) is 15.1 Å². The highest BCUT2D eigenvalue weighted by Crippen LogP contribution is 2.10. The standard InChI is InChI=1S/C17H29N5/c1-3-21-11-13-22(14-12-21)10-9-19-17(18)20-15(2)16-7-5-4-6-8-16/h4-8,15H,3,9-14H2,1-2H3,(H3,18,19,20)/t15-/m1/s1. The second kappa shape index (κ2) is 8.76. The molecule has 1 aromatic carbocycles. The molecule has 5 heteroatoms. The van der Waals surface area contributed by atoms with Gasteiger partial charge in [-0.15, -0.1) is 0 Å². The van der Waals surface area contributed by atoms with Crippen molar-refractivity contribution in [3.8, 4) is 0 Å². The largest absolute Gasteiger partial charge is 0.370 e. The van der Waals surface area contributed by atoms with Crippen LogP contribution < -0.4 is 11.1 Å². The maximum Gasteiger partial charge on any atom is 0.189 e. The van der Waals surface area contributed by atoms with Crippen LogP contribution in [0.4, 0.5) is 0 Å². The minimum absolute atomic E-state index is 0.179. The molecule has 0 aromatic heterocycles. The molecule has 2 rings (SSSR count). The van der Waals surface area contributed by atoms with Crippen LogP contribution in [0.25, 0.3) is 0 Å². The monoisotopic (exact) mass is 303 g/mol. The first-order valence-electron chi connectivity index (χ1n) is 8.25. The normalized spacial score (nSPS) is 19.1. The molecular formula is C17H29N5. The predicted molar refractivity (Wildman–Crippen MR) is 93.0 cm³/mol. The molecule has 0 spiro atoms. The fourth-order valence-corrected chi connectivity index (χ4v) is 2.73. The van der Waals surface area contributed by atoms with E-state index in [9.17, 15) is 0 Å². The van der Waals surface area contributed by atoms with Crippen LogP contribution in [0.5, 0.6) is 0 Å². The van der Waals surface area contributed by atoms with E-state index in [1.165, 1.54) is 18.7 Å². The third-order valence-corrected chi connectivity index (χ3v) is 4.27. The molecule has 1 atom stereocenters. The summed E-state index contributed by atoms with van der Waals surface area (Å²) >= 11 is 0. The number of likely N-dealkylation sites (N-methyl/N-ethyl adjacent to an activating group) is 1. The number of nitrogens with one attached hydrogen (secondary N) is 1. The SMILES string of the molecule is CCN1CCN(CCN=C(N)N[C@H](C)c2ccccc2)CC1. The van der Waals surface area contributed by atoms with Gasteiger partial charge in [-0.05, 0) is 19.0 Å². The number of hydrogen-bond donors (Lipinski definition) is 2. The van der Waals surface area contributed by atoms with Crippen molar-refractivity contribution >= 4 is 5.96 Å². The van der Waals surface area contributed by atoms with Crippen LogP contribution in [0.1, 0.15) is 25.5 Å². The highest BCUT2D eigenvalue weighted by molar-refractivity contribution is 5.78. The molecule has 0 saturated carbocycles. The first-order chi connectivity index (χ1) is 10.7. The quantitative estimate of drug-likeness (QED) is 0.614. The maximum atomic E-state index is 5.98. The Morgan fingerprint density at radius 2 is 1.82 bits per heavy atom. The van der Waals surface area contributed by atoms with Gasteiger partial charge in [-0.1, -0.05) is 37.3 Å². The molecule has 122 valence electrons. The molecule has 1 heterocycles. The highest BCUT2D eigenvalue weighted by Gasteiger charge is 2.14. The Labute approximate surface area is 134 Å². The Morgan fingerprint density at radius 1 is 1.18 bits per heavy atom. The molecule has 0 unspecified atom stereocenters. The summed E-state index contributed by atoms with van der Waals surface area (Å²) in [5.74, 6) is 0.531. The first kappa shape index (κ1) is 16.8. The van der Waals surface area contributed by atoms with Gasteiger partial charge in [0.1, 0.15) is 0 Å².